The number of carbonyl (C=O) groups is 1. The molecule has 1 aromatic heterocycles. The van der Waals surface area contributed by atoms with Crippen LogP contribution < -0.4 is 5.32 Å². The van der Waals surface area contributed by atoms with Crippen molar-refractivity contribution in [3.05, 3.63) is 59.1 Å². The van der Waals surface area contributed by atoms with Crippen LogP contribution in [0.5, 0.6) is 0 Å². The van der Waals surface area contributed by atoms with E-state index in [1.807, 2.05) is 6.07 Å². The second-order valence-corrected chi connectivity index (χ2v) is 5.42. The Labute approximate surface area is 121 Å². The van der Waals surface area contributed by atoms with E-state index in [9.17, 15) is 9.18 Å². The van der Waals surface area contributed by atoms with E-state index in [-0.39, 0.29) is 5.91 Å². The first-order valence-corrected chi connectivity index (χ1v) is 6.45. The molecule has 2 rings (SSSR count). The molecule has 2 aromatic rings. The van der Waals surface area contributed by atoms with Gasteiger partial charge in [0.15, 0.2) is 0 Å². The van der Waals surface area contributed by atoms with Crippen molar-refractivity contribution in [1.29, 1.82) is 0 Å². The zero-order valence-corrected chi connectivity index (χ0v) is 11.9. The lowest BCUT2D eigenvalue weighted by Crippen LogP contribution is -2.34. The lowest BCUT2D eigenvalue weighted by molar-refractivity contribution is -0.120. The van der Waals surface area contributed by atoms with Crippen molar-refractivity contribution < 1.29 is 9.18 Å². The molecule has 1 aromatic carbocycles. The van der Waals surface area contributed by atoms with Gasteiger partial charge in [0.1, 0.15) is 5.82 Å². The Hall–Kier alpha value is -1.94. The SMILES string of the molecule is CC(C)(C(=O)Nc1cncc(F)c1)c1cccc(Cl)c1. The Morgan fingerprint density at radius 2 is 2.05 bits per heavy atom. The molecule has 0 saturated carbocycles. The molecule has 0 aliphatic rings. The van der Waals surface area contributed by atoms with Crippen LogP contribution in [0.1, 0.15) is 19.4 Å². The molecule has 1 N–H and O–H groups in total. The number of amides is 1. The van der Waals surface area contributed by atoms with E-state index in [0.29, 0.717) is 10.7 Å². The van der Waals surface area contributed by atoms with Gasteiger partial charge >= 0.3 is 0 Å². The highest BCUT2D eigenvalue weighted by atomic mass is 35.5. The van der Waals surface area contributed by atoms with E-state index in [4.69, 9.17) is 11.6 Å². The average molecular weight is 293 g/mol. The quantitative estimate of drug-likeness (QED) is 0.935. The number of pyridine rings is 1. The van der Waals surface area contributed by atoms with E-state index in [1.165, 1.54) is 12.3 Å². The van der Waals surface area contributed by atoms with Gasteiger partial charge in [0.05, 0.1) is 23.5 Å². The van der Waals surface area contributed by atoms with E-state index >= 15 is 0 Å². The van der Waals surface area contributed by atoms with Gasteiger partial charge in [-0.15, -0.1) is 0 Å². The molecule has 0 atom stereocenters. The van der Waals surface area contributed by atoms with Crippen LogP contribution in [0, 0.1) is 5.82 Å². The lowest BCUT2D eigenvalue weighted by Gasteiger charge is -2.24. The largest absolute Gasteiger partial charge is 0.324 e. The predicted molar refractivity (Wildman–Crippen MR) is 77.3 cm³/mol. The number of nitrogens with one attached hydrogen (secondary N) is 1. The van der Waals surface area contributed by atoms with Crippen molar-refractivity contribution in [2.45, 2.75) is 19.3 Å². The number of hydrogen-bond acceptors (Lipinski definition) is 2. The average Bonchev–Trinajstić information content (AvgIpc) is 2.38. The molecular formula is C15H14ClFN2O. The van der Waals surface area contributed by atoms with E-state index in [2.05, 4.69) is 10.3 Å². The molecule has 0 fully saturated rings. The Balaban J connectivity index is 2.23. The van der Waals surface area contributed by atoms with Crippen LogP contribution in [0.2, 0.25) is 5.02 Å². The minimum absolute atomic E-state index is 0.257. The molecular weight excluding hydrogens is 279 g/mol. The van der Waals surface area contributed by atoms with Crippen LogP contribution in [-0.4, -0.2) is 10.9 Å². The molecule has 5 heteroatoms. The van der Waals surface area contributed by atoms with Crippen LogP contribution in [0.15, 0.2) is 42.7 Å². The number of halogens is 2. The Kier molecular flexibility index (Phi) is 4.04. The first kappa shape index (κ1) is 14.5. The fourth-order valence-corrected chi connectivity index (χ4v) is 1.97. The molecule has 0 spiro atoms. The fraction of sp³-hybridized carbons (Fsp3) is 0.200. The number of rotatable bonds is 3. The number of aromatic nitrogens is 1. The van der Waals surface area contributed by atoms with Gasteiger partial charge in [-0.1, -0.05) is 23.7 Å². The molecule has 0 aliphatic carbocycles. The zero-order valence-electron chi connectivity index (χ0n) is 11.2. The van der Waals surface area contributed by atoms with Crippen molar-refractivity contribution in [3.63, 3.8) is 0 Å². The third kappa shape index (κ3) is 3.14. The zero-order chi connectivity index (χ0) is 14.8. The molecule has 3 nitrogen and oxygen atoms in total. The van der Waals surface area contributed by atoms with Crippen LogP contribution in [-0.2, 0) is 10.2 Å². The topological polar surface area (TPSA) is 42.0 Å². The first-order valence-electron chi connectivity index (χ1n) is 6.07. The fourth-order valence-electron chi connectivity index (χ4n) is 1.78. The van der Waals surface area contributed by atoms with Gasteiger partial charge in [0, 0.05) is 11.1 Å². The monoisotopic (exact) mass is 292 g/mol. The smallest absolute Gasteiger partial charge is 0.234 e. The summed E-state index contributed by atoms with van der Waals surface area (Å²) in [6.07, 6.45) is 2.48. The number of nitrogens with zero attached hydrogens (tertiary/aromatic N) is 1. The number of hydrogen-bond donors (Lipinski definition) is 1. The Morgan fingerprint density at radius 1 is 1.30 bits per heavy atom. The normalized spacial score (nSPS) is 11.2. The summed E-state index contributed by atoms with van der Waals surface area (Å²) < 4.78 is 13.1. The van der Waals surface area contributed by atoms with Crippen molar-refractivity contribution in [2.75, 3.05) is 5.32 Å². The highest BCUT2D eigenvalue weighted by Crippen LogP contribution is 2.27. The predicted octanol–water partition coefficient (Wildman–Crippen LogP) is 3.79. The minimum Gasteiger partial charge on any atom is -0.324 e. The van der Waals surface area contributed by atoms with Crippen molar-refractivity contribution in [2.24, 2.45) is 0 Å². The molecule has 0 unspecified atom stereocenters. The number of carbonyl (C=O) groups excluding carboxylic acids is 1. The van der Waals surface area contributed by atoms with Crippen molar-refractivity contribution >= 4 is 23.2 Å². The maximum absolute atomic E-state index is 13.1. The summed E-state index contributed by atoms with van der Waals surface area (Å²) in [7, 11) is 0. The minimum atomic E-state index is -0.794. The summed E-state index contributed by atoms with van der Waals surface area (Å²) in [6, 6.07) is 8.32. The van der Waals surface area contributed by atoms with Gasteiger partial charge in [-0.05, 0) is 31.5 Å². The summed E-state index contributed by atoms with van der Waals surface area (Å²) >= 11 is 5.95. The van der Waals surface area contributed by atoms with Crippen molar-refractivity contribution in [1.82, 2.24) is 4.98 Å². The molecule has 0 radical (unpaired) electrons. The van der Waals surface area contributed by atoms with Gasteiger partial charge in [0.2, 0.25) is 5.91 Å². The van der Waals surface area contributed by atoms with Gasteiger partial charge in [0.25, 0.3) is 0 Å². The van der Waals surface area contributed by atoms with E-state index in [0.717, 1.165) is 11.8 Å². The second-order valence-electron chi connectivity index (χ2n) is 4.98. The Bertz CT molecular complexity index is 643. The van der Waals surface area contributed by atoms with Gasteiger partial charge in [-0.3, -0.25) is 9.78 Å². The molecule has 0 saturated heterocycles. The summed E-state index contributed by atoms with van der Waals surface area (Å²) in [5, 5.41) is 3.22. The maximum atomic E-state index is 13.1. The molecule has 0 bridgehead atoms. The van der Waals surface area contributed by atoms with Crippen LogP contribution in [0.3, 0.4) is 0 Å². The number of benzene rings is 1. The second kappa shape index (κ2) is 5.59. The van der Waals surface area contributed by atoms with E-state index in [1.54, 1.807) is 32.0 Å². The van der Waals surface area contributed by atoms with Crippen LogP contribution >= 0.6 is 11.6 Å². The van der Waals surface area contributed by atoms with Gasteiger partial charge in [-0.25, -0.2) is 4.39 Å². The molecule has 1 amide bonds. The molecule has 0 aliphatic heterocycles. The highest BCUT2D eigenvalue weighted by Gasteiger charge is 2.30. The van der Waals surface area contributed by atoms with Gasteiger partial charge in [-0.2, -0.15) is 0 Å². The van der Waals surface area contributed by atoms with Crippen molar-refractivity contribution in [3.8, 4) is 0 Å². The highest BCUT2D eigenvalue weighted by molar-refractivity contribution is 6.30. The Morgan fingerprint density at radius 3 is 2.70 bits per heavy atom. The summed E-state index contributed by atoms with van der Waals surface area (Å²) in [6.45, 7) is 3.56. The lowest BCUT2D eigenvalue weighted by atomic mass is 9.83. The van der Waals surface area contributed by atoms with E-state index < -0.39 is 11.2 Å². The van der Waals surface area contributed by atoms with Crippen LogP contribution in [0.4, 0.5) is 10.1 Å². The molecule has 20 heavy (non-hydrogen) atoms. The molecule has 104 valence electrons. The van der Waals surface area contributed by atoms with Gasteiger partial charge < -0.3 is 5.32 Å². The van der Waals surface area contributed by atoms with Crippen LogP contribution in [0.25, 0.3) is 0 Å². The third-order valence-corrected chi connectivity index (χ3v) is 3.31. The third-order valence-electron chi connectivity index (χ3n) is 3.08. The molecule has 1 heterocycles. The summed E-state index contributed by atoms with van der Waals surface area (Å²) in [5.74, 6) is -0.754. The number of anilines is 1. The maximum Gasteiger partial charge on any atom is 0.234 e. The first-order chi connectivity index (χ1) is 9.39. The summed E-state index contributed by atoms with van der Waals surface area (Å²) in [5.41, 5.74) is 0.314. The standard InChI is InChI=1S/C15H14ClFN2O/c1-15(2,10-4-3-5-11(16)6-10)14(20)19-13-7-12(17)8-18-9-13/h3-9H,1-2H3,(H,19,20). The summed E-state index contributed by atoms with van der Waals surface area (Å²) in [4.78, 5) is 16.0.